The molecule has 0 spiro atoms. The summed E-state index contributed by atoms with van der Waals surface area (Å²) < 4.78 is 11.2. The Labute approximate surface area is 183 Å². The number of carbonyl (C=O) groups is 1. The van der Waals surface area contributed by atoms with E-state index in [1.165, 1.54) is 20.0 Å². The summed E-state index contributed by atoms with van der Waals surface area (Å²) in [5, 5.41) is 7.68. The zero-order valence-corrected chi connectivity index (χ0v) is 19.0. The topological polar surface area (TPSA) is 72.5 Å². The molecule has 0 amide bonds. The maximum atomic E-state index is 12.7. The highest BCUT2D eigenvalue weighted by molar-refractivity contribution is 6.30. The lowest BCUT2D eigenvalue weighted by molar-refractivity contribution is 0.0598. The molecule has 1 aliphatic rings. The Hall–Kier alpha value is -2.31. The Morgan fingerprint density at radius 2 is 1.90 bits per heavy atom. The number of methoxy groups -OCH3 is 1. The summed E-state index contributed by atoms with van der Waals surface area (Å²) in [4.78, 5) is 17.2. The minimum Gasteiger partial charge on any atom is -0.465 e. The average molecular weight is 432 g/mol. The number of hydrogen-bond donors (Lipinski definition) is 2. The van der Waals surface area contributed by atoms with Crippen LogP contribution in [0.4, 0.5) is 5.69 Å². The molecule has 1 aromatic heterocycles. The van der Waals surface area contributed by atoms with E-state index in [1.54, 1.807) is 0 Å². The summed E-state index contributed by atoms with van der Waals surface area (Å²) in [6.07, 6.45) is 3.37. The lowest BCUT2D eigenvalue weighted by Crippen LogP contribution is -2.34. The van der Waals surface area contributed by atoms with Gasteiger partial charge < -0.3 is 20.1 Å². The monoisotopic (exact) mass is 431 g/mol. The Kier molecular flexibility index (Phi) is 7.21. The number of nitrogens with zero attached hydrogens (tertiary/aromatic N) is 1. The molecular formula is C23H30ClN3O3. The number of carbonyl (C=O) groups excluding carboxylic acids is 1. The molecule has 1 aliphatic carbocycles. The molecule has 0 saturated heterocycles. The van der Waals surface area contributed by atoms with E-state index in [4.69, 9.17) is 21.1 Å². The third kappa shape index (κ3) is 5.43. The average Bonchev–Trinajstić information content (AvgIpc) is 3.51. The Balaban J connectivity index is 1.97. The second kappa shape index (κ2) is 9.67. The normalized spacial score (nSPS) is 14.3. The molecule has 1 aromatic carbocycles. The molecule has 1 fully saturated rings. The first-order valence-electron chi connectivity index (χ1n) is 10.4. The lowest BCUT2D eigenvalue weighted by atomic mass is 10.1. The van der Waals surface area contributed by atoms with Gasteiger partial charge in [-0.1, -0.05) is 18.5 Å². The molecule has 0 bridgehead atoms. The van der Waals surface area contributed by atoms with Gasteiger partial charge >= 0.3 is 5.97 Å². The number of benzene rings is 1. The van der Waals surface area contributed by atoms with Crippen molar-refractivity contribution in [3.8, 4) is 11.6 Å². The van der Waals surface area contributed by atoms with Crippen molar-refractivity contribution in [1.29, 1.82) is 0 Å². The van der Waals surface area contributed by atoms with Gasteiger partial charge in [0.05, 0.1) is 12.8 Å². The highest BCUT2D eigenvalue weighted by atomic mass is 35.5. The zero-order chi connectivity index (χ0) is 21.8. The van der Waals surface area contributed by atoms with Gasteiger partial charge in [0.2, 0.25) is 5.88 Å². The van der Waals surface area contributed by atoms with Crippen LogP contribution in [0.3, 0.4) is 0 Å². The summed E-state index contributed by atoms with van der Waals surface area (Å²) >= 11 is 6.15. The maximum Gasteiger partial charge on any atom is 0.345 e. The van der Waals surface area contributed by atoms with Gasteiger partial charge in [-0.05, 0) is 69.4 Å². The van der Waals surface area contributed by atoms with Crippen LogP contribution in [-0.4, -0.2) is 36.7 Å². The molecule has 0 radical (unpaired) electrons. The molecular weight excluding hydrogens is 402 g/mol. The molecule has 1 unspecified atom stereocenters. The number of aromatic nitrogens is 1. The van der Waals surface area contributed by atoms with E-state index in [9.17, 15) is 4.79 Å². The highest BCUT2D eigenvalue weighted by Gasteiger charge is 2.25. The summed E-state index contributed by atoms with van der Waals surface area (Å²) in [5.41, 5.74) is 3.44. The van der Waals surface area contributed by atoms with Gasteiger partial charge in [-0.2, -0.15) is 0 Å². The molecule has 0 aliphatic heterocycles. The standard InChI is InChI=1S/C23H30ClN3O3/c1-6-17(12-25-18-7-8-18)27-19-11-15(4)26-22(20(19)23(28)29-5)30-21-13(2)9-16(24)10-14(21)3/h9-11,17-18,25H,6-8,12H2,1-5H3,(H,26,27). The van der Waals surface area contributed by atoms with Crippen molar-refractivity contribution in [3.05, 3.63) is 45.6 Å². The maximum absolute atomic E-state index is 12.7. The first-order chi connectivity index (χ1) is 14.3. The molecule has 2 N–H and O–H groups in total. The van der Waals surface area contributed by atoms with Crippen molar-refractivity contribution >= 4 is 23.3 Å². The van der Waals surface area contributed by atoms with Crippen LogP contribution in [0.1, 0.15) is 53.4 Å². The fourth-order valence-electron chi connectivity index (χ4n) is 3.40. The fraction of sp³-hybridized carbons (Fsp3) is 0.478. The van der Waals surface area contributed by atoms with Crippen molar-refractivity contribution in [2.24, 2.45) is 0 Å². The number of pyridine rings is 1. The SMILES string of the molecule is CCC(CNC1CC1)Nc1cc(C)nc(Oc2c(C)cc(Cl)cc2C)c1C(=O)OC. The van der Waals surface area contributed by atoms with Crippen LogP contribution in [0.2, 0.25) is 5.02 Å². The van der Waals surface area contributed by atoms with E-state index in [1.807, 2.05) is 39.0 Å². The van der Waals surface area contributed by atoms with Crippen molar-refractivity contribution in [1.82, 2.24) is 10.3 Å². The van der Waals surface area contributed by atoms with Crippen LogP contribution in [-0.2, 0) is 4.74 Å². The Bertz CT molecular complexity index is 905. The van der Waals surface area contributed by atoms with Crippen LogP contribution in [0.5, 0.6) is 11.6 Å². The van der Waals surface area contributed by atoms with Gasteiger partial charge in [0.1, 0.15) is 11.3 Å². The minimum absolute atomic E-state index is 0.169. The smallest absolute Gasteiger partial charge is 0.345 e. The predicted octanol–water partition coefficient (Wildman–Crippen LogP) is 5.18. The largest absolute Gasteiger partial charge is 0.465 e. The first-order valence-corrected chi connectivity index (χ1v) is 10.7. The second-order valence-electron chi connectivity index (χ2n) is 7.89. The number of rotatable bonds is 9. The van der Waals surface area contributed by atoms with Crippen molar-refractivity contribution in [3.63, 3.8) is 0 Å². The molecule has 1 atom stereocenters. The predicted molar refractivity (Wildman–Crippen MR) is 120 cm³/mol. The number of ether oxygens (including phenoxy) is 2. The summed E-state index contributed by atoms with van der Waals surface area (Å²) in [6, 6.07) is 6.30. The molecule has 7 heteroatoms. The van der Waals surface area contributed by atoms with E-state index in [-0.39, 0.29) is 11.9 Å². The summed E-state index contributed by atoms with van der Waals surface area (Å²) in [6.45, 7) is 8.66. The third-order valence-corrected chi connectivity index (χ3v) is 5.43. The Morgan fingerprint density at radius 1 is 1.23 bits per heavy atom. The van der Waals surface area contributed by atoms with E-state index < -0.39 is 5.97 Å². The number of halogens is 1. The Morgan fingerprint density at radius 3 is 2.47 bits per heavy atom. The molecule has 2 aromatic rings. The van der Waals surface area contributed by atoms with Crippen molar-refractivity contribution in [2.45, 2.75) is 59.0 Å². The van der Waals surface area contributed by atoms with Crippen LogP contribution >= 0.6 is 11.6 Å². The summed E-state index contributed by atoms with van der Waals surface area (Å²) in [7, 11) is 1.36. The molecule has 3 rings (SSSR count). The minimum atomic E-state index is -0.491. The van der Waals surface area contributed by atoms with Gasteiger partial charge in [-0.3, -0.25) is 0 Å². The van der Waals surface area contributed by atoms with Crippen LogP contribution in [0.25, 0.3) is 0 Å². The van der Waals surface area contributed by atoms with Crippen molar-refractivity contribution in [2.75, 3.05) is 19.0 Å². The zero-order valence-electron chi connectivity index (χ0n) is 18.3. The van der Waals surface area contributed by atoms with Crippen LogP contribution in [0.15, 0.2) is 18.2 Å². The molecule has 1 saturated carbocycles. The van der Waals surface area contributed by atoms with Gasteiger partial charge in [-0.25, -0.2) is 9.78 Å². The quantitative estimate of drug-likeness (QED) is 0.533. The second-order valence-corrected chi connectivity index (χ2v) is 8.32. The number of esters is 1. The van der Waals surface area contributed by atoms with Gasteiger partial charge in [0, 0.05) is 29.3 Å². The first kappa shape index (κ1) is 22.4. The molecule has 6 nitrogen and oxygen atoms in total. The van der Waals surface area contributed by atoms with E-state index in [0.717, 1.165) is 29.8 Å². The van der Waals surface area contributed by atoms with E-state index in [2.05, 4.69) is 22.5 Å². The van der Waals surface area contributed by atoms with Gasteiger partial charge in [0.15, 0.2) is 0 Å². The van der Waals surface area contributed by atoms with Gasteiger partial charge in [0.25, 0.3) is 0 Å². The molecule has 162 valence electrons. The molecule has 30 heavy (non-hydrogen) atoms. The number of hydrogen-bond acceptors (Lipinski definition) is 6. The third-order valence-electron chi connectivity index (χ3n) is 5.21. The van der Waals surface area contributed by atoms with E-state index >= 15 is 0 Å². The number of anilines is 1. The number of aryl methyl sites for hydroxylation is 3. The van der Waals surface area contributed by atoms with Crippen LogP contribution < -0.4 is 15.4 Å². The van der Waals surface area contributed by atoms with Crippen LogP contribution in [0, 0.1) is 20.8 Å². The number of nitrogens with one attached hydrogen (secondary N) is 2. The van der Waals surface area contributed by atoms with Gasteiger partial charge in [-0.15, -0.1) is 0 Å². The molecule has 1 heterocycles. The fourth-order valence-corrected chi connectivity index (χ4v) is 3.73. The highest BCUT2D eigenvalue weighted by Crippen LogP contribution is 2.35. The van der Waals surface area contributed by atoms with Crippen molar-refractivity contribution < 1.29 is 14.3 Å². The summed E-state index contributed by atoms with van der Waals surface area (Å²) in [5.74, 6) is 0.369. The van der Waals surface area contributed by atoms with E-state index in [0.29, 0.717) is 28.1 Å². The lowest BCUT2D eigenvalue weighted by Gasteiger charge is -2.22.